The first-order valence-corrected chi connectivity index (χ1v) is 6.51. The number of Topliss-reactive ketones (excluding diaryl/α,β-unsaturated/α-hetero) is 1. The maximum Gasteiger partial charge on any atom is 0.176 e. The number of hydrogen-bond acceptors (Lipinski definition) is 2. The van der Waals surface area contributed by atoms with E-state index in [1.165, 1.54) is 0 Å². The monoisotopic (exact) mass is 270 g/mol. The summed E-state index contributed by atoms with van der Waals surface area (Å²) in [7, 11) is 0. The number of benzene rings is 1. The highest BCUT2D eigenvalue weighted by molar-refractivity contribution is 9.10. The normalized spacial score (nSPS) is 20.7. The second-order valence-electron chi connectivity index (χ2n) is 3.34. The first kappa shape index (κ1) is 10.2. The van der Waals surface area contributed by atoms with Crippen LogP contribution in [0.15, 0.2) is 22.7 Å². The molecule has 1 atom stereocenters. The average Bonchev–Trinajstić information content (AvgIpc) is 2.20. The van der Waals surface area contributed by atoms with Crippen LogP contribution in [0, 0.1) is 0 Å². The van der Waals surface area contributed by atoms with Crippen LogP contribution in [0.1, 0.15) is 29.3 Å². The van der Waals surface area contributed by atoms with Gasteiger partial charge in [-0.2, -0.15) is 0 Å². The lowest BCUT2D eigenvalue weighted by atomic mass is 10.0. The van der Waals surface area contributed by atoms with Crippen LogP contribution in [-0.2, 0) is 5.75 Å². The molecule has 0 spiro atoms. The molecule has 0 fully saturated rings. The minimum atomic E-state index is 0.164. The summed E-state index contributed by atoms with van der Waals surface area (Å²) in [6, 6.07) is 5.87. The molecule has 0 aliphatic carbocycles. The average molecular weight is 271 g/mol. The van der Waals surface area contributed by atoms with E-state index < -0.39 is 0 Å². The molecule has 0 aromatic heterocycles. The first-order valence-electron chi connectivity index (χ1n) is 4.67. The number of thioether (sulfide) groups is 1. The van der Waals surface area contributed by atoms with E-state index >= 15 is 0 Å². The van der Waals surface area contributed by atoms with Crippen LogP contribution in [0.4, 0.5) is 0 Å². The third kappa shape index (κ3) is 1.63. The molecule has 1 nitrogen and oxygen atoms in total. The van der Waals surface area contributed by atoms with Crippen molar-refractivity contribution in [2.45, 2.75) is 24.3 Å². The standard InChI is InChI=1S/C11H11BrOS/c1-2-10-11(13)7-4-3-5-9(12)8(7)6-14-10/h3-5,10H,2,6H2,1H3. The number of rotatable bonds is 1. The largest absolute Gasteiger partial charge is 0.293 e. The number of carbonyl (C=O) groups excluding carboxylic acids is 1. The van der Waals surface area contributed by atoms with Crippen LogP contribution in [0.25, 0.3) is 0 Å². The molecule has 1 aliphatic heterocycles. The summed E-state index contributed by atoms with van der Waals surface area (Å²) >= 11 is 5.23. The Morgan fingerprint density at radius 2 is 2.36 bits per heavy atom. The number of fused-ring (bicyclic) bond motifs is 1. The molecule has 0 saturated heterocycles. The number of hydrogen-bond donors (Lipinski definition) is 0. The van der Waals surface area contributed by atoms with Gasteiger partial charge in [-0.05, 0) is 18.1 Å². The quantitative estimate of drug-likeness (QED) is 0.775. The third-order valence-electron chi connectivity index (χ3n) is 2.48. The van der Waals surface area contributed by atoms with Gasteiger partial charge >= 0.3 is 0 Å². The van der Waals surface area contributed by atoms with E-state index in [1.54, 1.807) is 11.8 Å². The van der Waals surface area contributed by atoms with Gasteiger partial charge in [-0.3, -0.25) is 4.79 Å². The molecule has 1 unspecified atom stereocenters. The second-order valence-corrected chi connectivity index (χ2v) is 5.38. The molecule has 2 rings (SSSR count). The van der Waals surface area contributed by atoms with E-state index in [0.29, 0.717) is 5.78 Å². The Morgan fingerprint density at radius 3 is 3.07 bits per heavy atom. The molecule has 1 heterocycles. The van der Waals surface area contributed by atoms with Crippen molar-refractivity contribution in [3.05, 3.63) is 33.8 Å². The summed E-state index contributed by atoms with van der Waals surface area (Å²) in [6.45, 7) is 2.07. The van der Waals surface area contributed by atoms with Gasteiger partial charge in [-0.25, -0.2) is 0 Å². The highest BCUT2D eigenvalue weighted by Gasteiger charge is 2.27. The maximum absolute atomic E-state index is 12.0. The van der Waals surface area contributed by atoms with Crippen LogP contribution >= 0.6 is 27.7 Å². The fourth-order valence-electron chi connectivity index (χ4n) is 1.67. The molecule has 1 aromatic rings. The molecule has 1 aromatic carbocycles. The zero-order valence-corrected chi connectivity index (χ0v) is 10.3. The lowest BCUT2D eigenvalue weighted by Crippen LogP contribution is -2.22. The molecule has 14 heavy (non-hydrogen) atoms. The molecule has 0 radical (unpaired) electrons. The molecular formula is C11H11BrOS. The van der Waals surface area contributed by atoms with Crippen LogP contribution < -0.4 is 0 Å². The van der Waals surface area contributed by atoms with Crippen LogP contribution in [0.3, 0.4) is 0 Å². The number of carbonyl (C=O) groups is 1. The van der Waals surface area contributed by atoms with Crippen molar-refractivity contribution in [1.82, 2.24) is 0 Å². The molecule has 0 amide bonds. The number of ketones is 1. The van der Waals surface area contributed by atoms with E-state index in [9.17, 15) is 4.79 Å². The van der Waals surface area contributed by atoms with E-state index in [-0.39, 0.29) is 5.25 Å². The minimum Gasteiger partial charge on any atom is -0.293 e. The second kappa shape index (κ2) is 4.07. The minimum absolute atomic E-state index is 0.164. The van der Waals surface area contributed by atoms with E-state index in [2.05, 4.69) is 22.9 Å². The fraction of sp³-hybridized carbons (Fsp3) is 0.364. The van der Waals surface area contributed by atoms with Crippen molar-refractivity contribution in [3.63, 3.8) is 0 Å². The van der Waals surface area contributed by atoms with Gasteiger partial charge in [-0.1, -0.05) is 35.0 Å². The zero-order chi connectivity index (χ0) is 10.1. The van der Waals surface area contributed by atoms with Crippen molar-refractivity contribution in [1.29, 1.82) is 0 Å². The summed E-state index contributed by atoms with van der Waals surface area (Å²) in [5, 5.41) is 0.164. The summed E-state index contributed by atoms with van der Waals surface area (Å²) in [5.74, 6) is 1.24. The third-order valence-corrected chi connectivity index (χ3v) is 4.62. The van der Waals surface area contributed by atoms with Gasteiger partial charge in [0.2, 0.25) is 0 Å². The van der Waals surface area contributed by atoms with Gasteiger partial charge in [0.25, 0.3) is 0 Å². The Hall–Kier alpha value is -0.280. The highest BCUT2D eigenvalue weighted by Crippen LogP contribution is 2.35. The lowest BCUT2D eigenvalue weighted by molar-refractivity contribution is 0.0985. The van der Waals surface area contributed by atoms with Crippen molar-refractivity contribution >= 4 is 33.5 Å². The SMILES string of the molecule is CCC1SCc2c(Br)cccc2C1=O. The van der Waals surface area contributed by atoms with Crippen molar-refractivity contribution < 1.29 is 4.79 Å². The molecule has 1 aliphatic rings. The number of halogens is 1. The fourth-order valence-corrected chi connectivity index (χ4v) is 3.56. The Kier molecular flexibility index (Phi) is 2.98. The van der Waals surface area contributed by atoms with Crippen LogP contribution in [0.2, 0.25) is 0 Å². The van der Waals surface area contributed by atoms with Gasteiger partial charge in [0, 0.05) is 15.8 Å². The van der Waals surface area contributed by atoms with Gasteiger partial charge in [-0.15, -0.1) is 11.8 Å². The molecule has 0 N–H and O–H groups in total. The van der Waals surface area contributed by atoms with Gasteiger partial charge < -0.3 is 0 Å². The Balaban J connectivity index is 2.46. The molecule has 0 saturated carbocycles. The summed E-state index contributed by atoms with van der Waals surface area (Å²) < 4.78 is 1.06. The van der Waals surface area contributed by atoms with Crippen LogP contribution in [0.5, 0.6) is 0 Å². The van der Waals surface area contributed by atoms with Gasteiger partial charge in [0.1, 0.15) is 0 Å². The van der Waals surface area contributed by atoms with E-state index in [4.69, 9.17) is 0 Å². The highest BCUT2D eigenvalue weighted by atomic mass is 79.9. The Bertz CT molecular complexity index is 376. The maximum atomic E-state index is 12.0. The van der Waals surface area contributed by atoms with Crippen molar-refractivity contribution in [3.8, 4) is 0 Å². The molecule has 74 valence electrons. The Morgan fingerprint density at radius 1 is 1.57 bits per heavy atom. The topological polar surface area (TPSA) is 17.1 Å². The summed E-state index contributed by atoms with van der Waals surface area (Å²) in [5.41, 5.74) is 2.07. The summed E-state index contributed by atoms with van der Waals surface area (Å²) in [6.07, 6.45) is 0.926. The predicted molar refractivity (Wildman–Crippen MR) is 63.8 cm³/mol. The predicted octanol–water partition coefficient (Wildman–Crippen LogP) is 3.66. The van der Waals surface area contributed by atoms with Crippen molar-refractivity contribution in [2.75, 3.05) is 0 Å². The van der Waals surface area contributed by atoms with Crippen LogP contribution in [-0.4, -0.2) is 11.0 Å². The van der Waals surface area contributed by atoms with Gasteiger partial charge in [0.05, 0.1) is 5.25 Å². The van der Waals surface area contributed by atoms with Crippen molar-refractivity contribution in [2.24, 2.45) is 0 Å². The molecule has 0 bridgehead atoms. The molecule has 3 heteroatoms. The lowest BCUT2D eigenvalue weighted by Gasteiger charge is -2.22. The zero-order valence-electron chi connectivity index (χ0n) is 7.92. The van der Waals surface area contributed by atoms with E-state index in [0.717, 1.165) is 27.8 Å². The Labute approximate surface area is 96.4 Å². The first-order chi connectivity index (χ1) is 6.74. The van der Waals surface area contributed by atoms with Gasteiger partial charge in [0.15, 0.2) is 5.78 Å². The molecular weight excluding hydrogens is 260 g/mol. The van der Waals surface area contributed by atoms with E-state index in [1.807, 2.05) is 18.2 Å². The smallest absolute Gasteiger partial charge is 0.176 e. The summed E-state index contributed by atoms with van der Waals surface area (Å²) in [4.78, 5) is 12.0.